The van der Waals surface area contributed by atoms with Gasteiger partial charge in [0.25, 0.3) is 5.91 Å². The summed E-state index contributed by atoms with van der Waals surface area (Å²) in [6.45, 7) is 6.10. The van der Waals surface area contributed by atoms with Crippen LogP contribution in [0.4, 0.5) is 0 Å². The molecule has 1 fully saturated rings. The summed E-state index contributed by atoms with van der Waals surface area (Å²) in [6, 6.07) is 3.62. The highest BCUT2D eigenvalue weighted by Gasteiger charge is 2.30. The summed E-state index contributed by atoms with van der Waals surface area (Å²) < 4.78 is 5.04. The van der Waals surface area contributed by atoms with Crippen LogP contribution in [0.5, 0.6) is 0 Å². The molecule has 0 spiro atoms. The van der Waals surface area contributed by atoms with E-state index in [4.69, 9.17) is 4.74 Å². The Morgan fingerprint density at radius 2 is 2.04 bits per heavy atom. The largest absolute Gasteiger partial charge is 0.461 e. The van der Waals surface area contributed by atoms with Crippen LogP contribution in [-0.2, 0) is 4.74 Å². The lowest BCUT2D eigenvalue weighted by atomic mass is 10.0. The molecule has 2 heterocycles. The second-order valence-corrected chi connectivity index (χ2v) is 7.82. The lowest BCUT2D eigenvalue weighted by Gasteiger charge is -2.21. The zero-order chi connectivity index (χ0) is 19.6. The second kappa shape index (κ2) is 8.08. The number of hydrogen-bond acceptors (Lipinski definition) is 5. The first kappa shape index (κ1) is 19.4. The standard InChI is InChI=1S/C20H24N2O4S/c1-4-26-20(25)18-12(2)17(13(3)21-18)15(23)11-22(10-14-7-8-14)19(24)16-6-5-9-27-16/h5-6,9,14,21H,4,7-8,10-11H2,1-3H3. The molecule has 2 aromatic heterocycles. The number of aromatic nitrogens is 1. The van der Waals surface area contributed by atoms with Crippen molar-refractivity contribution in [3.8, 4) is 0 Å². The van der Waals surface area contributed by atoms with Crippen molar-refractivity contribution < 1.29 is 19.1 Å². The van der Waals surface area contributed by atoms with E-state index in [9.17, 15) is 14.4 Å². The molecule has 1 aliphatic rings. The number of aryl methyl sites for hydroxylation is 1. The maximum absolute atomic E-state index is 13.0. The quantitative estimate of drug-likeness (QED) is 0.553. The molecule has 0 radical (unpaired) electrons. The van der Waals surface area contributed by atoms with E-state index in [0.717, 1.165) is 12.8 Å². The number of Topliss-reactive ketones (excluding diaryl/α,β-unsaturated/α-hetero) is 1. The van der Waals surface area contributed by atoms with Crippen LogP contribution in [0.1, 0.15) is 61.5 Å². The molecule has 1 saturated carbocycles. The number of rotatable bonds is 8. The Morgan fingerprint density at radius 3 is 2.63 bits per heavy atom. The SMILES string of the molecule is CCOC(=O)c1[nH]c(C)c(C(=O)CN(CC2CC2)C(=O)c2cccs2)c1C. The van der Waals surface area contributed by atoms with Crippen molar-refractivity contribution in [2.45, 2.75) is 33.6 Å². The molecule has 2 aromatic rings. The molecule has 27 heavy (non-hydrogen) atoms. The molecule has 0 bridgehead atoms. The zero-order valence-electron chi connectivity index (χ0n) is 15.8. The van der Waals surface area contributed by atoms with Crippen molar-refractivity contribution in [3.63, 3.8) is 0 Å². The molecule has 0 unspecified atom stereocenters. The highest BCUT2D eigenvalue weighted by molar-refractivity contribution is 7.12. The van der Waals surface area contributed by atoms with Gasteiger partial charge in [-0.2, -0.15) is 0 Å². The fraction of sp³-hybridized carbons (Fsp3) is 0.450. The first-order valence-corrected chi connectivity index (χ1v) is 10.0. The third kappa shape index (κ3) is 4.30. The van der Waals surface area contributed by atoms with Crippen LogP contribution in [0.2, 0.25) is 0 Å². The lowest BCUT2D eigenvalue weighted by molar-refractivity contribution is 0.0519. The zero-order valence-corrected chi connectivity index (χ0v) is 16.6. The van der Waals surface area contributed by atoms with Crippen molar-refractivity contribution in [1.29, 1.82) is 0 Å². The molecule has 1 amide bonds. The highest BCUT2D eigenvalue weighted by atomic mass is 32.1. The van der Waals surface area contributed by atoms with Crippen molar-refractivity contribution in [2.75, 3.05) is 19.7 Å². The Balaban J connectivity index is 1.81. The Kier molecular flexibility index (Phi) is 5.79. The Morgan fingerprint density at radius 1 is 1.30 bits per heavy atom. The van der Waals surface area contributed by atoms with E-state index in [1.165, 1.54) is 11.3 Å². The van der Waals surface area contributed by atoms with Gasteiger partial charge in [0.15, 0.2) is 5.78 Å². The number of ketones is 1. The normalized spacial score (nSPS) is 13.4. The molecule has 6 nitrogen and oxygen atoms in total. The van der Waals surface area contributed by atoms with Crippen molar-refractivity contribution in [2.24, 2.45) is 5.92 Å². The monoisotopic (exact) mass is 388 g/mol. The van der Waals surface area contributed by atoms with Crippen LogP contribution in [-0.4, -0.2) is 47.2 Å². The average Bonchev–Trinajstić information content (AvgIpc) is 3.16. The summed E-state index contributed by atoms with van der Waals surface area (Å²) in [5, 5.41) is 1.86. The number of hydrogen-bond donors (Lipinski definition) is 1. The van der Waals surface area contributed by atoms with Gasteiger partial charge < -0.3 is 14.6 Å². The molecular weight excluding hydrogens is 364 g/mol. The minimum atomic E-state index is -0.471. The fourth-order valence-electron chi connectivity index (χ4n) is 3.22. The third-order valence-corrected chi connectivity index (χ3v) is 5.58. The smallest absolute Gasteiger partial charge is 0.355 e. The van der Waals surface area contributed by atoms with Crippen LogP contribution in [0, 0.1) is 19.8 Å². The first-order valence-electron chi connectivity index (χ1n) is 9.14. The van der Waals surface area contributed by atoms with E-state index in [1.807, 2.05) is 11.4 Å². The van der Waals surface area contributed by atoms with Crippen LogP contribution >= 0.6 is 11.3 Å². The van der Waals surface area contributed by atoms with E-state index in [-0.39, 0.29) is 24.8 Å². The molecular formula is C20H24N2O4S. The number of amides is 1. The number of esters is 1. The van der Waals surface area contributed by atoms with Gasteiger partial charge in [0.2, 0.25) is 0 Å². The van der Waals surface area contributed by atoms with Crippen molar-refractivity contribution in [1.82, 2.24) is 9.88 Å². The molecule has 0 atom stereocenters. The molecule has 1 N–H and O–H groups in total. The van der Waals surface area contributed by atoms with E-state index in [2.05, 4.69) is 4.98 Å². The number of nitrogens with zero attached hydrogens (tertiary/aromatic N) is 1. The van der Waals surface area contributed by atoms with Gasteiger partial charge in [-0.05, 0) is 56.5 Å². The predicted molar refractivity (Wildman–Crippen MR) is 104 cm³/mol. The summed E-state index contributed by atoms with van der Waals surface area (Å²) in [5.41, 5.74) is 1.97. The van der Waals surface area contributed by atoms with Gasteiger partial charge >= 0.3 is 5.97 Å². The first-order chi connectivity index (χ1) is 12.9. The molecule has 7 heteroatoms. The summed E-state index contributed by atoms with van der Waals surface area (Å²) in [7, 11) is 0. The van der Waals surface area contributed by atoms with E-state index >= 15 is 0 Å². The minimum absolute atomic E-state index is 0.00896. The summed E-state index contributed by atoms with van der Waals surface area (Å²) in [6.07, 6.45) is 2.19. The number of aromatic amines is 1. The van der Waals surface area contributed by atoms with Gasteiger partial charge in [-0.15, -0.1) is 11.3 Å². The van der Waals surface area contributed by atoms with Crippen LogP contribution in [0.25, 0.3) is 0 Å². The molecule has 0 saturated heterocycles. The van der Waals surface area contributed by atoms with Crippen LogP contribution < -0.4 is 0 Å². The number of thiophene rings is 1. The van der Waals surface area contributed by atoms with Gasteiger partial charge in [-0.1, -0.05) is 6.07 Å². The Hall–Kier alpha value is -2.41. The molecule has 0 aliphatic heterocycles. The van der Waals surface area contributed by atoms with Gasteiger partial charge in [0, 0.05) is 17.8 Å². The molecule has 1 aliphatic carbocycles. The number of H-pyrrole nitrogens is 1. The maximum atomic E-state index is 13.0. The number of carbonyl (C=O) groups is 3. The number of nitrogens with one attached hydrogen (secondary N) is 1. The molecule has 144 valence electrons. The Labute approximate surface area is 162 Å². The fourth-order valence-corrected chi connectivity index (χ4v) is 3.91. The number of carbonyl (C=O) groups excluding carboxylic acids is 3. The third-order valence-electron chi connectivity index (χ3n) is 4.73. The molecule has 0 aromatic carbocycles. The van der Waals surface area contributed by atoms with E-state index < -0.39 is 5.97 Å². The minimum Gasteiger partial charge on any atom is -0.461 e. The number of ether oxygens (including phenoxy) is 1. The lowest BCUT2D eigenvalue weighted by Crippen LogP contribution is -2.37. The predicted octanol–water partition coefficient (Wildman–Crippen LogP) is 3.60. The average molecular weight is 388 g/mol. The van der Waals surface area contributed by atoms with Gasteiger partial charge in [-0.25, -0.2) is 4.79 Å². The van der Waals surface area contributed by atoms with Gasteiger partial charge in [0.1, 0.15) is 5.69 Å². The van der Waals surface area contributed by atoms with Crippen LogP contribution in [0.3, 0.4) is 0 Å². The summed E-state index contributed by atoms with van der Waals surface area (Å²) >= 11 is 1.38. The maximum Gasteiger partial charge on any atom is 0.355 e. The topological polar surface area (TPSA) is 79.5 Å². The Bertz CT molecular complexity index is 850. The second-order valence-electron chi connectivity index (χ2n) is 6.87. The summed E-state index contributed by atoms with van der Waals surface area (Å²) in [4.78, 5) is 43.1. The summed E-state index contributed by atoms with van der Waals surface area (Å²) in [5.74, 6) is -0.268. The van der Waals surface area contributed by atoms with Crippen LogP contribution in [0.15, 0.2) is 17.5 Å². The highest BCUT2D eigenvalue weighted by Crippen LogP contribution is 2.31. The van der Waals surface area contributed by atoms with E-state index in [0.29, 0.717) is 39.9 Å². The van der Waals surface area contributed by atoms with E-state index in [1.54, 1.807) is 31.7 Å². The van der Waals surface area contributed by atoms with Crippen molar-refractivity contribution in [3.05, 3.63) is 44.9 Å². The van der Waals surface area contributed by atoms with Gasteiger partial charge in [0.05, 0.1) is 18.0 Å². The van der Waals surface area contributed by atoms with Gasteiger partial charge in [-0.3, -0.25) is 9.59 Å². The molecule has 3 rings (SSSR count). The van der Waals surface area contributed by atoms with Crippen molar-refractivity contribution >= 4 is 29.0 Å².